The summed E-state index contributed by atoms with van der Waals surface area (Å²) >= 11 is 7.43. The number of halogens is 1. The number of nitrogens with one attached hydrogen (secondary N) is 2. The quantitative estimate of drug-likeness (QED) is 0.695. The molecule has 2 aromatic carbocycles. The number of carbonyl (C=O) groups excluding carboxylic acids is 2. The third kappa shape index (κ3) is 5.80. The van der Waals surface area contributed by atoms with Crippen LogP contribution in [0.4, 0.5) is 5.69 Å². The number of rotatable bonds is 6. The fourth-order valence-corrected chi connectivity index (χ4v) is 5.15. The summed E-state index contributed by atoms with van der Waals surface area (Å²) in [6.07, 6.45) is 0.130. The van der Waals surface area contributed by atoms with Gasteiger partial charge in [-0.15, -0.1) is 11.8 Å². The molecule has 8 heteroatoms. The molecule has 0 aliphatic carbocycles. The smallest absolute Gasteiger partial charge is 0.238 e. The van der Waals surface area contributed by atoms with E-state index in [-0.39, 0.29) is 24.3 Å². The Hall–Kier alpha value is -2.06. The standard InChI is InChI=1S/C23H27ClN4O2S/c1-27-9-11-28(12-10-27)15-19(16-5-3-2-4-6-16)25-22(29)14-21-23(30)26-18-13-17(24)7-8-20(18)31-21/h2-8,13,19,21H,9-12,14-15H2,1H3,(H,25,29)(H,26,30). The van der Waals surface area contributed by atoms with Crippen LogP contribution in [-0.4, -0.2) is 66.6 Å². The lowest BCUT2D eigenvalue weighted by atomic mass is 10.1. The van der Waals surface area contributed by atoms with Crippen molar-refractivity contribution >= 4 is 40.9 Å². The monoisotopic (exact) mass is 458 g/mol. The lowest BCUT2D eigenvalue weighted by Crippen LogP contribution is -2.48. The number of nitrogens with zero attached hydrogens (tertiary/aromatic N) is 2. The van der Waals surface area contributed by atoms with Crippen molar-refractivity contribution in [1.82, 2.24) is 15.1 Å². The molecule has 2 aliphatic heterocycles. The van der Waals surface area contributed by atoms with Crippen LogP contribution in [0.15, 0.2) is 53.4 Å². The van der Waals surface area contributed by atoms with E-state index in [1.165, 1.54) is 11.8 Å². The minimum Gasteiger partial charge on any atom is -0.348 e. The molecule has 1 fully saturated rings. The summed E-state index contributed by atoms with van der Waals surface area (Å²) in [5.74, 6) is -0.279. The van der Waals surface area contributed by atoms with Crippen molar-refractivity contribution in [3.8, 4) is 0 Å². The minimum absolute atomic E-state index is 0.111. The lowest BCUT2D eigenvalue weighted by Gasteiger charge is -2.35. The van der Waals surface area contributed by atoms with Crippen LogP contribution in [-0.2, 0) is 9.59 Å². The third-order valence-electron chi connectivity index (χ3n) is 5.71. The molecule has 2 atom stereocenters. The van der Waals surface area contributed by atoms with Gasteiger partial charge in [-0.05, 0) is 30.8 Å². The zero-order chi connectivity index (χ0) is 21.8. The predicted octanol–water partition coefficient (Wildman–Crippen LogP) is 3.25. The summed E-state index contributed by atoms with van der Waals surface area (Å²) in [6, 6.07) is 15.3. The number of thioether (sulfide) groups is 1. The maximum absolute atomic E-state index is 12.9. The molecule has 164 valence electrons. The van der Waals surface area contributed by atoms with E-state index in [0.29, 0.717) is 10.7 Å². The van der Waals surface area contributed by atoms with Crippen LogP contribution in [0.25, 0.3) is 0 Å². The molecule has 31 heavy (non-hydrogen) atoms. The maximum atomic E-state index is 12.9. The Balaban J connectivity index is 1.41. The summed E-state index contributed by atoms with van der Waals surface area (Å²) in [5.41, 5.74) is 1.78. The molecule has 2 heterocycles. The lowest BCUT2D eigenvalue weighted by molar-refractivity contribution is -0.124. The van der Waals surface area contributed by atoms with Gasteiger partial charge in [0.25, 0.3) is 0 Å². The molecule has 0 saturated carbocycles. The van der Waals surface area contributed by atoms with Crippen LogP contribution >= 0.6 is 23.4 Å². The molecule has 0 bridgehead atoms. The topological polar surface area (TPSA) is 64.7 Å². The first kappa shape index (κ1) is 22.1. The first-order valence-electron chi connectivity index (χ1n) is 10.5. The number of likely N-dealkylation sites (N-methyl/N-ethyl adjacent to an activating group) is 1. The van der Waals surface area contributed by atoms with Crippen molar-refractivity contribution in [2.75, 3.05) is 45.1 Å². The van der Waals surface area contributed by atoms with Crippen LogP contribution in [0, 0.1) is 0 Å². The molecular formula is C23H27ClN4O2S. The van der Waals surface area contributed by atoms with Gasteiger partial charge in [0, 0.05) is 49.1 Å². The number of piperazine rings is 1. The van der Waals surface area contributed by atoms with Crippen LogP contribution in [0.2, 0.25) is 5.02 Å². The van der Waals surface area contributed by atoms with Crippen molar-refractivity contribution in [2.45, 2.75) is 22.6 Å². The van der Waals surface area contributed by atoms with Gasteiger partial charge in [0.15, 0.2) is 0 Å². The second-order valence-corrected chi connectivity index (χ2v) is 9.76. The fraction of sp³-hybridized carbons (Fsp3) is 0.391. The number of carbonyl (C=O) groups is 2. The van der Waals surface area contributed by atoms with Gasteiger partial charge in [-0.25, -0.2) is 0 Å². The number of hydrogen-bond acceptors (Lipinski definition) is 5. The first-order chi connectivity index (χ1) is 15.0. The highest BCUT2D eigenvalue weighted by molar-refractivity contribution is 8.01. The predicted molar refractivity (Wildman–Crippen MR) is 126 cm³/mol. The number of amides is 2. The summed E-state index contributed by atoms with van der Waals surface area (Å²) in [5, 5.41) is 6.17. The average Bonchev–Trinajstić information content (AvgIpc) is 2.76. The fourth-order valence-electron chi connectivity index (χ4n) is 3.89. The first-order valence-corrected chi connectivity index (χ1v) is 11.8. The number of hydrogen-bond donors (Lipinski definition) is 2. The molecule has 2 aromatic rings. The van der Waals surface area contributed by atoms with Gasteiger partial charge in [-0.2, -0.15) is 0 Å². The van der Waals surface area contributed by atoms with Gasteiger partial charge in [-0.1, -0.05) is 41.9 Å². The Morgan fingerprint density at radius 1 is 1.19 bits per heavy atom. The molecule has 2 N–H and O–H groups in total. The van der Waals surface area contributed by atoms with Crippen molar-refractivity contribution in [3.05, 3.63) is 59.1 Å². The van der Waals surface area contributed by atoms with Crippen molar-refractivity contribution in [3.63, 3.8) is 0 Å². The van der Waals surface area contributed by atoms with Crippen LogP contribution < -0.4 is 10.6 Å². The highest BCUT2D eigenvalue weighted by Gasteiger charge is 2.30. The van der Waals surface area contributed by atoms with E-state index in [1.54, 1.807) is 12.1 Å². The average molecular weight is 459 g/mol. The normalized spacial score (nSPS) is 20.6. The minimum atomic E-state index is -0.464. The van der Waals surface area contributed by atoms with Crippen molar-refractivity contribution in [2.24, 2.45) is 0 Å². The van der Waals surface area contributed by atoms with E-state index in [2.05, 4.69) is 27.5 Å². The highest BCUT2D eigenvalue weighted by atomic mass is 35.5. The molecule has 2 unspecified atom stereocenters. The second-order valence-electron chi connectivity index (χ2n) is 8.08. The van der Waals surface area contributed by atoms with Crippen LogP contribution in [0.3, 0.4) is 0 Å². The Morgan fingerprint density at radius 2 is 1.94 bits per heavy atom. The van der Waals surface area contributed by atoms with Gasteiger partial charge in [-0.3, -0.25) is 14.5 Å². The largest absolute Gasteiger partial charge is 0.348 e. The zero-order valence-electron chi connectivity index (χ0n) is 17.5. The van der Waals surface area contributed by atoms with Crippen molar-refractivity contribution < 1.29 is 9.59 Å². The van der Waals surface area contributed by atoms with Crippen LogP contribution in [0.5, 0.6) is 0 Å². The van der Waals surface area contributed by atoms with E-state index in [4.69, 9.17) is 11.6 Å². The van der Waals surface area contributed by atoms with Gasteiger partial charge in [0.2, 0.25) is 11.8 Å². The number of anilines is 1. The van der Waals surface area contributed by atoms with Crippen LogP contribution in [0.1, 0.15) is 18.0 Å². The maximum Gasteiger partial charge on any atom is 0.238 e. The van der Waals surface area contributed by atoms with Gasteiger partial charge in [0.1, 0.15) is 0 Å². The number of benzene rings is 2. The molecule has 6 nitrogen and oxygen atoms in total. The molecular weight excluding hydrogens is 432 g/mol. The molecule has 4 rings (SSSR count). The summed E-state index contributed by atoms with van der Waals surface area (Å²) in [7, 11) is 2.13. The molecule has 2 amide bonds. The van der Waals surface area contributed by atoms with E-state index in [9.17, 15) is 9.59 Å². The Bertz CT molecular complexity index is 934. The van der Waals surface area contributed by atoms with Gasteiger partial charge >= 0.3 is 0 Å². The summed E-state index contributed by atoms with van der Waals surface area (Å²) < 4.78 is 0. The van der Waals surface area contributed by atoms with Gasteiger partial charge in [0.05, 0.1) is 17.0 Å². The molecule has 0 aromatic heterocycles. The zero-order valence-corrected chi connectivity index (χ0v) is 19.1. The Morgan fingerprint density at radius 3 is 2.68 bits per heavy atom. The molecule has 0 radical (unpaired) electrons. The van der Waals surface area contributed by atoms with E-state index < -0.39 is 5.25 Å². The van der Waals surface area contributed by atoms with E-state index in [1.807, 2.05) is 36.4 Å². The SMILES string of the molecule is CN1CCN(CC(NC(=O)CC2Sc3ccc(Cl)cc3NC2=O)c2ccccc2)CC1. The summed E-state index contributed by atoms with van der Waals surface area (Å²) in [6.45, 7) is 4.77. The number of fused-ring (bicyclic) bond motifs is 1. The van der Waals surface area contributed by atoms with E-state index in [0.717, 1.165) is 43.2 Å². The summed E-state index contributed by atoms with van der Waals surface area (Å²) in [4.78, 5) is 31.1. The molecule has 1 saturated heterocycles. The van der Waals surface area contributed by atoms with E-state index >= 15 is 0 Å². The van der Waals surface area contributed by atoms with Crippen molar-refractivity contribution in [1.29, 1.82) is 0 Å². The highest BCUT2D eigenvalue weighted by Crippen LogP contribution is 2.38. The Labute approximate surface area is 192 Å². The molecule has 0 spiro atoms. The third-order valence-corrected chi connectivity index (χ3v) is 7.22. The molecule has 2 aliphatic rings. The van der Waals surface area contributed by atoms with Gasteiger partial charge < -0.3 is 15.5 Å². The second kappa shape index (κ2) is 10.0. The Kier molecular flexibility index (Phi) is 7.17.